The molecular formula is C106H114Cl4N10O10. The summed E-state index contributed by atoms with van der Waals surface area (Å²) in [4.78, 5) is 84.0. The Balaban J connectivity index is 0.000000169. The fourth-order valence-corrected chi connectivity index (χ4v) is 15.7. The van der Waals surface area contributed by atoms with E-state index in [4.69, 9.17) is 65.4 Å². The summed E-state index contributed by atoms with van der Waals surface area (Å²) in [6.07, 6.45) is 2.81. The van der Waals surface area contributed by atoms with E-state index in [0.717, 1.165) is 96.5 Å². The number of halogens is 4. The summed E-state index contributed by atoms with van der Waals surface area (Å²) in [5.74, 6) is 6.03. The average molecular weight is 1830 g/mol. The molecule has 24 heteroatoms. The van der Waals surface area contributed by atoms with Crippen LogP contribution in [0, 0.1) is 11.8 Å². The first-order chi connectivity index (χ1) is 62.6. The molecule has 0 saturated carbocycles. The number of carbonyl (C=O) groups is 6. The summed E-state index contributed by atoms with van der Waals surface area (Å²) in [7, 11) is 3.60. The predicted octanol–water partition coefficient (Wildman–Crippen LogP) is 26.4. The minimum atomic E-state index is -0.0679. The van der Waals surface area contributed by atoms with Gasteiger partial charge in [0, 0.05) is 160 Å². The van der Waals surface area contributed by atoms with Crippen molar-refractivity contribution in [3.8, 4) is 46.0 Å². The van der Waals surface area contributed by atoms with Gasteiger partial charge in [0.05, 0.1) is 22.7 Å². The fourth-order valence-electron chi connectivity index (χ4n) is 15.2. The number of nitrogens with zero attached hydrogens (tertiary/aromatic N) is 6. The molecule has 0 aliphatic carbocycles. The van der Waals surface area contributed by atoms with Gasteiger partial charge in [-0.15, -0.1) is 0 Å². The first-order valence-corrected chi connectivity index (χ1v) is 45.3. The van der Waals surface area contributed by atoms with Crippen LogP contribution in [0.5, 0.6) is 46.0 Å². The van der Waals surface area contributed by atoms with E-state index < -0.39 is 0 Å². The lowest BCUT2D eigenvalue weighted by Gasteiger charge is -2.33. The fraction of sp³-hybridized carbons (Fsp3) is 0.264. The third kappa shape index (κ3) is 28.0. The van der Waals surface area contributed by atoms with Crippen LogP contribution in [0.25, 0.3) is 0 Å². The van der Waals surface area contributed by atoms with Gasteiger partial charge in [-0.2, -0.15) is 0 Å². The molecule has 4 unspecified atom stereocenters. The number of nitrogens with one attached hydrogen (secondary N) is 4. The van der Waals surface area contributed by atoms with E-state index in [9.17, 15) is 28.8 Å². The molecule has 0 aromatic heterocycles. The molecule has 130 heavy (non-hydrogen) atoms. The highest BCUT2D eigenvalue weighted by molar-refractivity contribution is 6.31. The van der Waals surface area contributed by atoms with Gasteiger partial charge in [-0.25, -0.2) is 0 Å². The quantitative estimate of drug-likeness (QED) is 0.0360. The predicted molar refractivity (Wildman–Crippen MR) is 530 cm³/mol. The van der Waals surface area contributed by atoms with E-state index in [0.29, 0.717) is 102 Å². The second kappa shape index (κ2) is 47.9. The molecule has 2 saturated heterocycles. The topological polar surface area (TPSA) is 207 Å². The highest BCUT2D eigenvalue weighted by Gasteiger charge is 2.32. The van der Waals surface area contributed by atoms with Crippen molar-refractivity contribution in [3.63, 3.8) is 0 Å². The monoisotopic (exact) mass is 1830 g/mol. The van der Waals surface area contributed by atoms with Crippen LogP contribution in [-0.2, 0) is 28.8 Å². The van der Waals surface area contributed by atoms with Gasteiger partial charge >= 0.3 is 0 Å². The van der Waals surface area contributed by atoms with Crippen molar-refractivity contribution in [2.45, 2.75) is 119 Å². The van der Waals surface area contributed by atoms with E-state index in [-0.39, 0.29) is 71.4 Å². The van der Waals surface area contributed by atoms with Gasteiger partial charge in [0.25, 0.3) is 0 Å². The van der Waals surface area contributed by atoms with Crippen molar-refractivity contribution in [3.05, 3.63) is 334 Å². The van der Waals surface area contributed by atoms with Crippen LogP contribution < -0.4 is 59.8 Å². The van der Waals surface area contributed by atoms with Crippen molar-refractivity contribution < 1.29 is 47.7 Å². The maximum absolute atomic E-state index is 13.4. The number of anilines is 8. The lowest BCUT2D eigenvalue weighted by Crippen LogP contribution is -2.44. The van der Waals surface area contributed by atoms with Crippen molar-refractivity contribution in [1.82, 2.24) is 9.80 Å². The van der Waals surface area contributed by atoms with Crippen molar-refractivity contribution in [1.29, 1.82) is 0 Å². The summed E-state index contributed by atoms with van der Waals surface area (Å²) in [5.41, 5.74) is 11.3. The van der Waals surface area contributed by atoms with Crippen LogP contribution in [0.15, 0.2) is 291 Å². The van der Waals surface area contributed by atoms with Crippen LogP contribution in [0.3, 0.4) is 0 Å². The summed E-state index contributed by atoms with van der Waals surface area (Å²) >= 11 is 23.9. The Labute approximate surface area is 784 Å². The van der Waals surface area contributed by atoms with E-state index in [2.05, 4.69) is 67.2 Å². The third-order valence-electron chi connectivity index (χ3n) is 22.7. The molecule has 20 nitrogen and oxygen atoms in total. The molecule has 4 N–H and O–H groups in total. The SMILES string of the molecule is CC(=O)N(C)c1cccc(C(C)Nc2ccccc2Oc2ccc(Cl)cc2)c1.CC(=O)N1CCC(C(=O)N(C)c2cccc(C(C)Nc3ccccc3Oc3ccc(Cl)cc3)c2)CC1.CCN(C(=O)C1CCN(C(C)=O)CC1)c1cccc(C(C)Nc2ccccc2Oc2ccc(Cl)cc2)c1.CCN(C(C)=O)c1cccc(C(C)Nc2ccccc2Oc2ccc(Cl)cc2)c1. The van der Waals surface area contributed by atoms with Gasteiger partial charge < -0.3 is 69.6 Å². The number of piperidine rings is 2. The largest absolute Gasteiger partial charge is 0.455 e. The lowest BCUT2D eigenvalue weighted by molar-refractivity contribution is -0.133. The Morgan fingerprint density at radius 3 is 0.846 bits per heavy atom. The molecule has 14 rings (SSSR count). The Kier molecular flexibility index (Phi) is 36.0. The molecule has 2 heterocycles. The molecule has 0 bridgehead atoms. The standard InChI is InChI=1S/C30H34ClN3O3.C29H32ClN3O3.C24H25ClN2O2.C23H23ClN2O2/c1-4-34(30(36)23-16-18-33(19-17-23)22(3)35)26-9-7-8-24(20-26)21(2)32-28-10-5-6-11-29(28)37-27-14-12-25(31)13-15-27;1-20(31-27-9-4-5-10-28(27)36-26-13-11-24(30)12-14-26)23-7-6-8-25(19-23)32(3)29(35)22-15-17-33(18-16-22)21(2)34;1-4-27(18(3)28)21-9-7-8-19(16-21)17(2)26-23-10-5-6-11-24(23)29-22-14-12-20(25)13-15-22;1-16(18-7-6-8-20(15-18)26(3)17(2)27)25-22-9-4-5-10-23(22)28-21-13-11-19(24)12-14-21/h5-15,20-21,23,32H,4,16-19H2,1-3H3;4-14,19-20,22,31H,15-18H2,1-3H3;5-17,26H,4H2,1-3H3;4-16,25H,1-3H3. The second-order valence-corrected chi connectivity index (χ2v) is 33.7. The second-order valence-electron chi connectivity index (χ2n) is 31.9. The summed E-state index contributed by atoms with van der Waals surface area (Å²) in [6.45, 7) is 22.4. The number of ether oxygens (including phenoxy) is 4. The summed E-state index contributed by atoms with van der Waals surface area (Å²) in [5, 5.41) is 16.8. The zero-order chi connectivity index (χ0) is 92.9. The van der Waals surface area contributed by atoms with E-state index >= 15 is 0 Å². The van der Waals surface area contributed by atoms with Gasteiger partial charge in [-0.05, 0) is 284 Å². The van der Waals surface area contributed by atoms with Gasteiger partial charge in [0.15, 0.2) is 23.0 Å². The first-order valence-electron chi connectivity index (χ1n) is 43.8. The number of hydrogen-bond donors (Lipinski definition) is 4. The smallest absolute Gasteiger partial charge is 0.230 e. The van der Waals surface area contributed by atoms with Crippen molar-refractivity contribution in [2.24, 2.45) is 11.8 Å². The maximum atomic E-state index is 13.4. The van der Waals surface area contributed by atoms with Crippen LogP contribution in [-0.4, -0.2) is 98.6 Å². The van der Waals surface area contributed by atoms with Gasteiger partial charge in [-0.3, -0.25) is 28.8 Å². The number of benzene rings is 12. The molecule has 676 valence electrons. The number of likely N-dealkylation sites (tertiary alicyclic amines) is 2. The zero-order valence-corrected chi connectivity index (χ0v) is 78.5. The molecule has 12 aromatic rings. The van der Waals surface area contributed by atoms with Crippen LogP contribution in [0.2, 0.25) is 20.1 Å². The molecule has 12 aromatic carbocycles. The number of para-hydroxylation sites is 8. The average Bonchev–Trinajstić information content (AvgIpc) is 0.866. The Morgan fingerprint density at radius 1 is 0.323 bits per heavy atom. The Hall–Kier alpha value is -13.0. The number of hydrogen-bond acceptors (Lipinski definition) is 14. The minimum Gasteiger partial charge on any atom is -0.455 e. The van der Waals surface area contributed by atoms with Crippen molar-refractivity contribution >= 4 is 127 Å². The number of amides is 6. The zero-order valence-electron chi connectivity index (χ0n) is 75.5. The van der Waals surface area contributed by atoms with E-state index in [1.807, 2.05) is 260 Å². The third-order valence-corrected chi connectivity index (χ3v) is 23.7. The normalized spacial score (nSPS) is 13.3. The maximum Gasteiger partial charge on any atom is 0.230 e. The molecular weight excluding hydrogens is 1720 g/mol. The van der Waals surface area contributed by atoms with Gasteiger partial charge in [0.1, 0.15) is 23.0 Å². The van der Waals surface area contributed by atoms with Crippen molar-refractivity contribution in [2.75, 3.05) is 94.2 Å². The molecule has 0 spiro atoms. The van der Waals surface area contributed by atoms with Crippen LogP contribution in [0.4, 0.5) is 45.5 Å². The summed E-state index contributed by atoms with van der Waals surface area (Å²) in [6, 6.07) is 92.4. The number of carbonyl (C=O) groups excluding carboxylic acids is 6. The molecule has 4 atom stereocenters. The lowest BCUT2D eigenvalue weighted by atomic mass is 9.94. The Morgan fingerprint density at radius 2 is 0.577 bits per heavy atom. The highest BCUT2D eigenvalue weighted by Crippen LogP contribution is 2.40. The minimum absolute atomic E-state index is 0.000489. The highest BCUT2D eigenvalue weighted by atomic mass is 35.5. The molecule has 6 amide bonds. The van der Waals surface area contributed by atoms with Gasteiger partial charge in [0.2, 0.25) is 35.4 Å². The Bertz CT molecular complexity index is 5760. The van der Waals surface area contributed by atoms with Crippen LogP contribution >= 0.6 is 46.4 Å². The van der Waals surface area contributed by atoms with E-state index in [1.165, 1.54) is 0 Å². The van der Waals surface area contributed by atoms with E-state index in [1.54, 1.807) is 98.0 Å². The molecule has 2 aliphatic rings. The molecule has 0 radical (unpaired) electrons. The molecule has 2 fully saturated rings. The molecule has 2 aliphatic heterocycles. The van der Waals surface area contributed by atoms with Crippen LogP contribution in [0.1, 0.15) is 141 Å². The first kappa shape index (κ1) is 97.6. The number of rotatable bonds is 28. The van der Waals surface area contributed by atoms with Gasteiger partial charge in [-0.1, -0.05) is 143 Å². The summed E-state index contributed by atoms with van der Waals surface area (Å²) < 4.78 is 24.2.